The van der Waals surface area contributed by atoms with Crippen molar-refractivity contribution in [3.63, 3.8) is 0 Å². The van der Waals surface area contributed by atoms with Crippen LogP contribution in [0.1, 0.15) is 23.7 Å². The van der Waals surface area contributed by atoms with E-state index in [2.05, 4.69) is 4.98 Å². The van der Waals surface area contributed by atoms with Crippen molar-refractivity contribution in [1.82, 2.24) is 4.98 Å². The van der Waals surface area contributed by atoms with Gasteiger partial charge in [-0.1, -0.05) is 6.07 Å². The third kappa shape index (κ3) is 2.91. The topological polar surface area (TPSA) is 51.6 Å². The number of hydrogen-bond donors (Lipinski definition) is 1. The lowest BCUT2D eigenvalue weighted by molar-refractivity contribution is 0.159. The summed E-state index contributed by atoms with van der Waals surface area (Å²) < 4.78 is 11.0. The van der Waals surface area contributed by atoms with Crippen molar-refractivity contribution in [2.24, 2.45) is 0 Å². The van der Waals surface area contributed by atoms with E-state index in [9.17, 15) is 5.11 Å². The van der Waals surface area contributed by atoms with Crippen LogP contribution in [0.25, 0.3) is 0 Å². The molecule has 0 bridgehead atoms. The first kappa shape index (κ1) is 12.9. The average Bonchev–Trinajstić information content (AvgIpc) is 2.53. The van der Waals surface area contributed by atoms with Gasteiger partial charge in [0.25, 0.3) is 0 Å². The number of benzene rings is 1. The van der Waals surface area contributed by atoms with E-state index in [-0.39, 0.29) is 0 Å². The Morgan fingerprint density at radius 1 is 1.05 bits per heavy atom. The van der Waals surface area contributed by atoms with E-state index in [1.807, 2.05) is 30.3 Å². The Bertz CT molecular complexity index is 571. The molecule has 1 aromatic heterocycles. The molecule has 1 N–H and O–H groups in total. The fraction of sp³-hybridized carbons (Fsp3) is 0.312. The van der Waals surface area contributed by atoms with E-state index in [0.29, 0.717) is 19.6 Å². The largest absolute Gasteiger partial charge is 0.486 e. The molecular formula is C16H17NO3. The van der Waals surface area contributed by atoms with Gasteiger partial charge in [-0.15, -0.1) is 0 Å². The van der Waals surface area contributed by atoms with E-state index in [0.717, 1.165) is 23.5 Å². The molecule has 1 atom stereocenters. The van der Waals surface area contributed by atoms with Gasteiger partial charge in [0, 0.05) is 12.4 Å². The molecule has 4 nitrogen and oxygen atoms in total. The molecule has 1 unspecified atom stereocenters. The minimum Gasteiger partial charge on any atom is -0.486 e. The maximum absolute atomic E-state index is 10.3. The molecule has 0 aliphatic carbocycles. The number of rotatable bonds is 4. The molecule has 2 heterocycles. The van der Waals surface area contributed by atoms with Gasteiger partial charge in [0.1, 0.15) is 13.2 Å². The van der Waals surface area contributed by atoms with E-state index >= 15 is 0 Å². The molecule has 0 amide bonds. The molecule has 0 spiro atoms. The van der Waals surface area contributed by atoms with Crippen molar-refractivity contribution in [2.75, 3.05) is 13.2 Å². The predicted molar refractivity (Wildman–Crippen MR) is 74.9 cm³/mol. The lowest BCUT2D eigenvalue weighted by atomic mass is 10.0. The van der Waals surface area contributed by atoms with Crippen molar-refractivity contribution in [3.8, 4) is 11.5 Å². The molecule has 0 fully saturated rings. The van der Waals surface area contributed by atoms with Crippen LogP contribution < -0.4 is 9.47 Å². The summed E-state index contributed by atoms with van der Waals surface area (Å²) in [6.45, 7) is 1.14. The van der Waals surface area contributed by atoms with Gasteiger partial charge in [0.05, 0.1) is 6.10 Å². The van der Waals surface area contributed by atoms with Gasteiger partial charge in [0.15, 0.2) is 11.5 Å². The first-order chi connectivity index (χ1) is 9.83. The van der Waals surface area contributed by atoms with E-state index in [1.54, 1.807) is 12.4 Å². The summed E-state index contributed by atoms with van der Waals surface area (Å²) in [6.07, 6.45) is 4.53. The van der Waals surface area contributed by atoms with E-state index in [1.165, 1.54) is 5.56 Å². The summed E-state index contributed by atoms with van der Waals surface area (Å²) in [5.41, 5.74) is 2.04. The Balaban J connectivity index is 1.66. The maximum atomic E-state index is 10.3. The van der Waals surface area contributed by atoms with Crippen molar-refractivity contribution in [2.45, 2.75) is 18.9 Å². The average molecular weight is 271 g/mol. The lowest BCUT2D eigenvalue weighted by Gasteiger charge is -2.20. The molecule has 104 valence electrons. The maximum Gasteiger partial charge on any atom is 0.161 e. The standard InChI is InChI=1S/C16H17NO3/c18-14(3-1-12-5-7-17-8-6-12)13-2-4-15-16(11-13)20-10-9-19-15/h2,4-8,11,14,18H,1,3,9-10H2. The number of hydrogen-bond acceptors (Lipinski definition) is 4. The highest BCUT2D eigenvalue weighted by Gasteiger charge is 2.15. The Labute approximate surface area is 118 Å². The third-order valence-electron chi connectivity index (χ3n) is 3.41. The summed E-state index contributed by atoms with van der Waals surface area (Å²) in [4.78, 5) is 3.99. The lowest BCUT2D eigenvalue weighted by Crippen LogP contribution is -2.15. The first-order valence-electron chi connectivity index (χ1n) is 6.79. The Hall–Kier alpha value is -2.07. The van der Waals surface area contributed by atoms with Gasteiger partial charge in [-0.05, 0) is 48.2 Å². The number of pyridine rings is 1. The molecule has 20 heavy (non-hydrogen) atoms. The van der Waals surface area contributed by atoms with Gasteiger partial charge in [0.2, 0.25) is 0 Å². The fourth-order valence-corrected chi connectivity index (χ4v) is 2.29. The van der Waals surface area contributed by atoms with Crippen molar-refractivity contribution in [3.05, 3.63) is 53.9 Å². The molecule has 1 aromatic carbocycles. The molecule has 1 aliphatic heterocycles. The van der Waals surface area contributed by atoms with Crippen LogP contribution in [-0.2, 0) is 6.42 Å². The van der Waals surface area contributed by atoms with Crippen LogP contribution in [-0.4, -0.2) is 23.3 Å². The minimum absolute atomic E-state index is 0.501. The Morgan fingerprint density at radius 2 is 1.80 bits per heavy atom. The molecule has 4 heteroatoms. The van der Waals surface area contributed by atoms with Gasteiger partial charge in [-0.2, -0.15) is 0 Å². The van der Waals surface area contributed by atoms with Gasteiger partial charge < -0.3 is 14.6 Å². The Morgan fingerprint density at radius 3 is 2.60 bits per heavy atom. The van der Waals surface area contributed by atoms with Crippen LogP contribution in [0.15, 0.2) is 42.7 Å². The van der Waals surface area contributed by atoms with E-state index < -0.39 is 6.10 Å². The van der Waals surface area contributed by atoms with Gasteiger partial charge in [-0.3, -0.25) is 4.98 Å². The van der Waals surface area contributed by atoms with Crippen LogP contribution >= 0.6 is 0 Å². The summed E-state index contributed by atoms with van der Waals surface area (Å²) in [5.74, 6) is 1.47. The van der Waals surface area contributed by atoms with Crippen LogP contribution in [0.4, 0.5) is 0 Å². The highest BCUT2D eigenvalue weighted by molar-refractivity contribution is 5.44. The van der Waals surface area contributed by atoms with Crippen molar-refractivity contribution in [1.29, 1.82) is 0 Å². The first-order valence-corrected chi connectivity index (χ1v) is 6.79. The second-order valence-electron chi connectivity index (χ2n) is 4.81. The zero-order valence-electron chi connectivity index (χ0n) is 11.2. The second kappa shape index (κ2) is 5.92. The molecular weight excluding hydrogens is 254 g/mol. The van der Waals surface area contributed by atoms with E-state index in [4.69, 9.17) is 9.47 Å². The monoisotopic (exact) mass is 271 g/mol. The quantitative estimate of drug-likeness (QED) is 0.928. The highest BCUT2D eigenvalue weighted by atomic mass is 16.6. The molecule has 0 saturated heterocycles. The molecule has 0 radical (unpaired) electrons. The van der Waals surface area contributed by atoms with Crippen LogP contribution in [0.2, 0.25) is 0 Å². The SMILES string of the molecule is OC(CCc1ccncc1)c1ccc2c(c1)OCCO2. The van der Waals surface area contributed by atoms with Crippen LogP contribution in [0, 0.1) is 0 Å². The smallest absolute Gasteiger partial charge is 0.161 e. The highest BCUT2D eigenvalue weighted by Crippen LogP contribution is 2.33. The number of aliphatic hydroxyl groups is 1. The summed E-state index contributed by atoms with van der Waals surface area (Å²) in [7, 11) is 0. The van der Waals surface area contributed by atoms with Crippen LogP contribution in [0.5, 0.6) is 11.5 Å². The van der Waals surface area contributed by atoms with Crippen molar-refractivity contribution >= 4 is 0 Å². The van der Waals surface area contributed by atoms with Crippen molar-refractivity contribution < 1.29 is 14.6 Å². The summed E-state index contributed by atoms with van der Waals surface area (Å²) >= 11 is 0. The van der Waals surface area contributed by atoms with Gasteiger partial charge in [-0.25, -0.2) is 0 Å². The number of aliphatic hydroxyl groups excluding tert-OH is 1. The second-order valence-corrected chi connectivity index (χ2v) is 4.81. The number of aromatic nitrogens is 1. The number of aryl methyl sites for hydroxylation is 1. The fourth-order valence-electron chi connectivity index (χ4n) is 2.29. The number of fused-ring (bicyclic) bond motifs is 1. The molecule has 0 saturated carbocycles. The molecule has 2 aromatic rings. The molecule has 3 rings (SSSR count). The zero-order valence-corrected chi connectivity index (χ0v) is 11.2. The predicted octanol–water partition coefficient (Wildman–Crippen LogP) is 2.52. The zero-order chi connectivity index (χ0) is 13.8. The Kier molecular flexibility index (Phi) is 3.83. The minimum atomic E-state index is -0.501. The summed E-state index contributed by atoms with van der Waals surface area (Å²) in [6, 6.07) is 9.56. The number of ether oxygens (including phenoxy) is 2. The van der Waals surface area contributed by atoms with Crippen LogP contribution in [0.3, 0.4) is 0 Å². The molecule has 1 aliphatic rings. The van der Waals surface area contributed by atoms with Gasteiger partial charge >= 0.3 is 0 Å². The number of nitrogens with zero attached hydrogens (tertiary/aromatic N) is 1. The summed E-state index contributed by atoms with van der Waals surface area (Å²) in [5, 5.41) is 10.3. The normalized spacial score (nSPS) is 14.8. The third-order valence-corrected chi connectivity index (χ3v) is 3.41.